The Morgan fingerprint density at radius 3 is 1.92 bits per heavy atom. The van der Waals surface area contributed by atoms with Crippen LogP contribution in [-0.4, -0.2) is 12.7 Å². The summed E-state index contributed by atoms with van der Waals surface area (Å²) in [7, 11) is 0. The average molecular weight is 436 g/mol. The first-order valence-electron chi connectivity index (χ1n) is 8.10. The van der Waals surface area contributed by atoms with Gasteiger partial charge in [0.2, 0.25) is 11.5 Å². The van der Waals surface area contributed by atoms with Crippen molar-refractivity contribution in [3.05, 3.63) is 34.6 Å². The molecular formula is C16H22F5O2PS2. The maximum Gasteiger partial charge on any atom is 0.247 e. The third-order valence-electron chi connectivity index (χ3n) is 3.23. The van der Waals surface area contributed by atoms with Gasteiger partial charge in [-0.1, -0.05) is 32.2 Å². The Labute approximate surface area is 159 Å². The van der Waals surface area contributed by atoms with Crippen molar-refractivity contribution in [3.8, 4) is 0 Å². The molecule has 1 aromatic rings. The molecule has 10 heteroatoms. The molecule has 2 atom stereocenters. The van der Waals surface area contributed by atoms with Gasteiger partial charge in [-0.25, -0.2) is 22.0 Å². The van der Waals surface area contributed by atoms with E-state index in [-0.39, 0.29) is 12.7 Å². The van der Waals surface area contributed by atoms with Crippen LogP contribution in [-0.2, 0) is 26.6 Å². The smallest absolute Gasteiger partial charge is 0.247 e. The zero-order valence-corrected chi connectivity index (χ0v) is 17.5. The monoisotopic (exact) mass is 436 g/mol. The minimum Gasteiger partial charge on any atom is -0.322 e. The van der Waals surface area contributed by atoms with Crippen LogP contribution in [0.1, 0.15) is 46.1 Å². The van der Waals surface area contributed by atoms with Crippen molar-refractivity contribution in [2.24, 2.45) is 5.92 Å². The highest BCUT2D eigenvalue weighted by Crippen LogP contribution is 2.63. The van der Waals surface area contributed by atoms with Gasteiger partial charge in [0.1, 0.15) is 0 Å². The lowest BCUT2D eigenvalue weighted by Crippen LogP contribution is -2.11. The molecule has 1 rings (SSSR count). The van der Waals surface area contributed by atoms with E-state index in [9.17, 15) is 22.0 Å². The van der Waals surface area contributed by atoms with Crippen LogP contribution >= 0.6 is 17.1 Å². The Bertz CT molecular complexity index is 644. The average Bonchev–Trinajstić information content (AvgIpc) is 2.55. The van der Waals surface area contributed by atoms with E-state index in [1.807, 2.05) is 20.8 Å². The highest BCUT2D eigenvalue weighted by Gasteiger charge is 2.29. The molecule has 0 aromatic heterocycles. The van der Waals surface area contributed by atoms with Crippen LogP contribution in [0.4, 0.5) is 22.0 Å². The van der Waals surface area contributed by atoms with Gasteiger partial charge in [-0.15, -0.1) is 0 Å². The van der Waals surface area contributed by atoms with Crippen molar-refractivity contribution in [1.29, 1.82) is 0 Å². The summed E-state index contributed by atoms with van der Waals surface area (Å²) in [6, 6.07) is 0. The second-order valence-electron chi connectivity index (χ2n) is 6.15. The van der Waals surface area contributed by atoms with E-state index in [4.69, 9.17) is 20.9 Å². The van der Waals surface area contributed by atoms with E-state index in [0.29, 0.717) is 18.8 Å². The Balaban J connectivity index is 3.02. The van der Waals surface area contributed by atoms with Crippen molar-refractivity contribution in [2.75, 3.05) is 6.61 Å². The van der Waals surface area contributed by atoms with E-state index >= 15 is 0 Å². The van der Waals surface area contributed by atoms with Crippen molar-refractivity contribution in [3.63, 3.8) is 0 Å². The Hall–Kier alpha value is -0.210. The molecule has 1 aromatic carbocycles. The van der Waals surface area contributed by atoms with Crippen LogP contribution in [0.3, 0.4) is 0 Å². The normalized spacial score (nSPS) is 15.3. The standard InChI is InChI=1S/C16H22F5O2PS2/c1-5-6-22-24(25,23-10(4)7-9(2)3)26-8-11-12(17)14(19)16(21)15(20)13(11)18/h9-10H,5-8H2,1-4H3. The van der Waals surface area contributed by atoms with E-state index < -0.39 is 46.1 Å². The zero-order chi connectivity index (χ0) is 20.1. The second kappa shape index (κ2) is 10.4. The number of benzene rings is 1. The lowest BCUT2D eigenvalue weighted by atomic mass is 10.1. The number of hydrogen-bond donors (Lipinski definition) is 0. The summed E-state index contributed by atoms with van der Waals surface area (Å²) in [6.45, 7) is 7.92. The molecule has 0 radical (unpaired) electrons. The van der Waals surface area contributed by atoms with Crippen LogP contribution in [0.25, 0.3) is 0 Å². The quantitative estimate of drug-likeness (QED) is 0.175. The summed E-state index contributed by atoms with van der Waals surface area (Å²) in [5.41, 5.74) is -3.95. The Kier molecular flexibility index (Phi) is 9.50. The number of halogens is 5. The summed E-state index contributed by atoms with van der Waals surface area (Å²) >= 11 is 6.17. The third kappa shape index (κ3) is 6.44. The van der Waals surface area contributed by atoms with Gasteiger partial charge in [-0.3, -0.25) is 0 Å². The first-order chi connectivity index (χ1) is 12.0. The summed E-state index contributed by atoms with van der Waals surface area (Å²) in [4.78, 5) is 0. The van der Waals surface area contributed by atoms with Gasteiger partial charge < -0.3 is 9.05 Å². The summed E-state index contributed by atoms with van der Waals surface area (Å²) in [6.07, 6.45) is 1.07. The molecule has 150 valence electrons. The minimum absolute atomic E-state index is 0.262. The van der Waals surface area contributed by atoms with Crippen LogP contribution in [0.2, 0.25) is 0 Å². The van der Waals surface area contributed by atoms with Gasteiger partial charge in [0.15, 0.2) is 23.3 Å². The third-order valence-corrected chi connectivity index (χ3v) is 8.52. The molecule has 0 bridgehead atoms. The minimum atomic E-state index is -3.02. The maximum absolute atomic E-state index is 13.8. The van der Waals surface area contributed by atoms with Crippen molar-refractivity contribution < 1.29 is 31.0 Å². The molecule has 0 aliphatic rings. The topological polar surface area (TPSA) is 18.5 Å². The van der Waals surface area contributed by atoms with Gasteiger partial charge in [0, 0.05) is 11.3 Å². The highest BCUT2D eigenvalue weighted by atomic mass is 32.9. The molecule has 0 N–H and O–H groups in total. The first-order valence-corrected chi connectivity index (χ1v) is 12.3. The molecule has 2 nitrogen and oxygen atoms in total. The van der Waals surface area contributed by atoms with Gasteiger partial charge >= 0.3 is 0 Å². The van der Waals surface area contributed by atoms with E-state index in [2.05, 4.69) is 0 Å². The Morgan fingerprint density at radius 1 is 0.962 bits per heavy atom. The second-order valence-corrected chi connectivity index (χ2v) is 12.4. The largest absolute Gasteiger partial charge is 0.322 e. The summed E-state index contributed by atoms with van der Waals surface area (Å²) in [5, 5.41) is 0. The zero-order valence-electron chi connectivity index (χ0n) is 15.0. The molecule has 0 amide bonds. The molecule has 0 spiro atoms. The highest BCUT2D eigenvalue weighted by molar-refractivity contribution is 8.67. The van der Waals surface area contributed by atoms with Crippen molar-refractivity contribution >= 4 is 28.9 Å². The Morgan fingerprint density at radius 2 is 1.46 bits per heavy atom. The van der Waals surface area contributed by atoms with Gasteiger partial charge in [0.05, 0.1) is 12.7 Å². The van der Waals surface area contributed by atoms with Crippen LogP contribution in [0, 0.1) is 35.0 Å². The van der Waals surface area contributed by atoms with Gasteiger partial charge in [0.25, 0.3) is 0 Å². The number of rotatable bonds is 10. The van der Waals surface area contributed by atoms with Crippen LogP contribution in [0.5, 0.6) is 0 Å². The SMILES string of the molecule is CCCOP(=S)(OC(C)CC(C)C)SCc1c(F)c(F)c(F)c(F)c1F. The summed E-state index contributed by atoms with van der Waals surface area (Å²) < 4.78 is 78.8. The molecule has 0 fully saturated rings. The van der Waals surface area contributed by atoms with E-state index in [1.54, 1.807) is 6.92 Å². The maximum atomic E-state index is 13.8. The number of hydrogen-bond acceptors (Lipinski definition) is 4. The van der Waals surface area contributed by atoms with Crippen LogP contribution in [0.15, 0.2) is 0 Å². The molecular weight excluding hydrogens is 414 g/mol. The lowest BCUT2D eigenvalue weighted by molar-refractivity contribution is 0.179. The summed E-state index contributed by atoms with van der Waals surface area (Å²) in [5.74, 6) is -10.1. The van der Waals surface area contributed by atoms with Crippen molar-refractivity contribution in [1.82, 2.24) is 0 Å². The fourth-order valence-corrected chi connectivity index (χ4v) is 6.89. The molecule has 2 unspecified atom stereocenters. The first kappa shape index (κ1) is 23.8. The molecule has 0 saturated carbocycles. The molecule has 26 heavy (non-hydrogen) atoms. The van der Waals surface area contributed by atoms with Gasteiger partial charge in [-0.05, 0) is 37.5 Å². The molecule has 0 aliphatic heterocycles. The molecule has 0 saturated heterocycles. The molecule has 0 heterocycles. The van der Waals surface area contributed by atoms with E-state index in [1.165, 1.54) is 0 Å². The fraction of sp³-hybridized carbons (Fsp3) is 0.625. The lowest BCUT2D eigenvalue weighted by Gasteiger charge is -2.26. The van der Waals surface area contributed by atoms with Gasteiger partial charge in [-0.2, -0.15) is 0 Å². The van der Waals surface area contributed by atoms with Crippen LogP contribution < -0.4 is 0 Å². The van der Waals surface area contributed by atoms with Crippen molar-refractivity contribution in [2.45, 2.75) is 52.4 Å². The predicted molar refractivity (Wildman–Crippen MR) is 98.1 cm³/mol. The fourth-order valence-electron chi connectivity index (χ4n) is 2.15. The van der Waals surface area contributed by atoms with E-state index in [0.717, 1.165) is 11.4 Å². The molecule has 0 aliphatic carbocycles. The predicted octanol–water partition coefficient (Wildman–Crippen LogP) is 6.72.